The third-order valence-corrected chi connectivity index (χ3v) is 5.92. The van der Waals surface area contributed by atoms with Crippen molar-refractivity contribution in [2.24, 2.45) is 0 Å². The van der Waals surface area contributed by atoms with Gasteiger partial charge in [0.1, 0.15) is 23.3 Å². The van der Waals surface area contributed by atoms with Crippen LogP contribution in [-0.2, 0) is 15.0 Å². The van der Waals surface area contributed by atoms with Gasteiger partial charge in [-0.25, -0.2) is 0 Å². The summed E-state index contributed by atoms with van der Waals surface area (Å²) < 4.78 is 10.9. The van der Waals surface area contributed by atoms with Crippen LogP contribution < -0.4 is 9.64 Å². The predicted octanol–water partition coefficient (Wildman–Crippen LogP) is 5.87. The summed E-state index contributed by atoms with van der Waals surface area (Å²) in [7, 11) is 1.44. The van der Waals surface area contributed by atoms with E-state index in [2.05, 4.69) is 20.8 Å². The highest BCUT2D eigenvalue weighted by Gasteiger charge is 2.48. The standard InChI is InChI=1S/C26H24ClNO5/c1-26(2,3)15-7-10-17(11-8-15)28-22(20-6-5-13-33-20)21(24(30)25(28)31)23(29)18-14-16(27)9-12-19(18)32-4/h5-14,22,29H,1-4H3/b23-21-. The first-order valence-electron chi connectivity index (χ1n) is 10.4. The molecule has 1 aliphatic heterocycles. The molecule has 3 aromatic rings. The van der Waals surface area contributed by atoms with Crippen molar-refractivity contribution in [1.29, 1.82) is 0 Å². The molecular weight excluding hydrogens is 442 g/mol. The number of hydrogen-bond acceptors (Lipinski definition) is 5. The van der Waals surface area contributed by atoms with Gasteiger partial charge in [-0.05, 0) is 53.4 Å². The van der Waals surface area contributed by atoms with Crippen molar-refractivity contribution in [1.82, 2.24) is 0 Å². The Bertz CT molecular complexity index is 1240. The van der Waals surface area contributed by atoms with Crippen molar-refractivity contribution >= 4 is 34.7 Å². The van der Waals surface area contributed by atoms with Gasteiger partial charge in [0.25, 0.3) is 11.7 Å². The topological polar surface area (TPSA) is 80.0 Å². The number of aliphatic hydroxyl groups excluding tert-OH is 1. The summed E-state index contributed by atoms with van der Waals surface area (Å²) in [6, 6.07) is 14.5. The number of aliphatic hydroxyl groups is 1. The van der Waals surface area contributed by atoms with Crippen LogP contribution in [0.15, 0.2) is 70.9 Å². The highest BCUT2D eigenvalue weighted by atomic mass is 35.5. The van der Waals surface area contributed by atoms with Gasteiger partial charge in [0, 0.05) is 10.7 Å². The van der Waals surface area contributed by atoms with Crippen LogP contribution in [0.25, 0.3) is 5.76 Å². The van der Waals surface area contributed by atoms with E-state index in [9.17, 15) is 14.7 Å². The lowest BCUT2D eigenvalue weighted by Crippen LogP contribution is -2.29. The van der Waals surface area contributed by atoms with Crippen molar-refractivity contribution in [3.63, 3.8) is 0 Å². The molecule has 1 amide bonds. The van der Waals surface area contributed by atoms with Crippen LogP contribution in [0, 0.1) is 0 Å². The van der Waals surface area contributed by atoms with Crippen LogP contribution in [0.3, 0.4) is 0 Å². The van der Waals surface area contributed by atoms with Crippen molar-refractivity contribution < 1.29 is 23.8 Å². The highest BCUT2D eigenvalue weighted by Crippen LogP contribution is 2.44. The van der Waals surface area contributed by atoms with E-state index in [1.807, 2.05) is 12.1 Å². The molecule has 1 unspecified atom stereocenters. The number of benzene rings is 2. The Morgan fingerprint density at radius 2 is 1.79 bits per heavy atom. The molecule has 1 N–H and O–H groups in total. The average Bonchev–Trinajstić information content (AvgIpc) is 3.40. The van der Waals surface area contributed by atoms with Gasteiger partial charge in [-0.1, -0.05) is 44.5 Å². The summed E-state index contributed by atoms with van der Waals surface area (Å²) in [6.45, 7) is 6.28. The molecule has 0 spiro atoms. The second-order valence-corrected chi connectivity index (χ2v) is 9.26. The molecule has 1 fully saturated rings. The highest BCUT2D eigenvalue weighted by molar-refractivity contribution is 6.51. The van der Waals surface area contributed by atoms with E-state index in [4.69, 9.17) is 20.8 Å². The molecule has 4 rings (SSSR count). The van der Waals surface area contributed by atoms with E-state index in [1.54, 1.807) is 36.4 Å². The third-order valence-electron chi connectivity index (χ3n) is 5.69. The van der Waals surface area contributed by atoms with E-state index in [-0.39, 0.29) is 22.3 Å². The summed E-state index contributed by atoms with van der Waals surface area (Å²) in [4.78, 5) is 27.7. The smallest absolute Gasteiger partial charge is 0.300 e. The Morgan fingerprint density at radius 3 is 2.36 bits per heavy atom. The van der Waals surface area contributed by atoms with Crippen LogP contribution >= 0.6 is 11.6 Å². The maximum Gasteiger partial charge on any atom is 0.300 e. The number of amides is 1. The van der Waals surface area contributed by atoms with Crippen molar-refractivity contribution in [3.05, 3.63) is 88.3 Å². The summed E-state index contributed by atoms with van der Waals surface area (Å²) >= 11 is 6.13. The number of furan rings is 1. The van der Waals surface area contributed by atoms with Gasteiger partial charge in [0.2, 0.25) is 0 Å². The van der Waals surface area contributed by atoms with Gasteiger partial charge >= 0.3 is 0 Å². The largest absolute Gasteiger partial charge is 0.507 e. The molecule has 0 bridgehead atoms. The van der Waals surface area contributed by atoms with E-state index in [0.717, 1.165) is 5.56 Å². The van der Waals surface area contributed by atoms with E-state index in [1.165, 1.54) is 24.3 Å². The number of hydrogen-bond donors (Lipinski definition) is 1. The van der Waals surface area contributed by atoms with Gasteiger partial charge in [-0.2, -0.15) is 0 Å². The fourth-order valence-electron chi connectivity index (χ4n) is 3.95. The Labute approximate surface area is 197 Å². The molecule has 1 aliphatic rings. The molecule has 2 heterocycles. The summed E-state index contributed by atoms with van der Waals surface area (Å²) in [5.74, 6) is -1.31. The third kappa shape index (κ3) is 4.02. The number of rotatable bonds is 4. The first-order chi connectivity index (χ1) is 15.6. The molecule has 6 nitrogen and oxygen atoms in total. The van der Waals surface area contributed by atoms with Crippen molar-refractivity contribution in [2.45, 2.75) is 32.2 Å². The molecule has 0 radical (unpaired) electrons. The lowest BCUT2D eigenvalue weighted by atomic mass is 9.87. The van der Waals surface area contributed by atoms with Gasteiger partial charge < -0.3 is 14.3 Å². The average molecular weight is 466 g/mol. The van der Waals surface area contributed by atoms with E-state index < -0.39 is 17.7 Å². The molecular formula is C26H24ClNO5. The van der Waals surface area contributed by atoms with Crippen molar-refractivity contribution in [3.8, 4) is 5.75 Å². The molecule has 170 valence electrons. The second-order valence-electron chi connectivity index (χ2n) is 8.83. The van der Waals surface area contributed by atoms with Crippen LogP contribution in [0.1, 0.15) is 43.7 Å². The zero-order valence-corrected chi connectivity index (χ0v) is 19.5. The van der Waals surface area contributed by atoms with Gasteiger partial charge in [0.05, 0.1) is 24.5 Å². The number of ether oxygens (including phenoxy) is 1. The number of methoxy groups -OCH3 is 1. The molecule has 7 heteroatoms. The number of halogens is 1. The normalized spacial score (nSPS) is 18.1. The number of ketones is 1. The molecule has 33 heavy (non-hydrogen) atoms. The SMILES string of the molecule is COc1ccc(Cl)cc1/C(O)=C1/C(=O)C(=O)N(c2ccc(C(C)(C)C)cc2)C1c1ccco1. The first-order valence-corrected chi connectivity index (χ1v) is 10.8. The Kier molecular flexibility index (Phi) is 5.80. The number of anilines is 1. The van der Waals surface area contributed by atoms with E-state index >= 15 is 0 Å². The number of carbonyl (C=O) groups excluding carboxylic acids is 2. The first kappa shape index (κ1) is 22.7. The maximum absolute atomic E-state index is 13.2. The fraction of sp³-hybridized carbons (Fsp3) is 0.231. The lowest BCUT2D eigenvalue weighted by Gasteiger charge is -2.25. The number of nitrogens with zero attached hydrogens (tertiary/aromatic N) is 1. The quantitative estimate of drug-likeness (QED) is 0.296. The molecule has 0 aliphatic carbocycles. The second kappa shape index (κ2) is 8.45. The zero-order valence-electron chi connectivity index (χ0n) is 18.8. The molecule has 2 aromatic carbocycles. The van der Waals surface area contributed by atoms with Crippen LogP contribution in [-0.4, -0.2) is 23.9 Å². The number of Topliss-reactive ketones (excluding diaryl/α,β-unsaturated/α-hetero) is 1. The predicted molar refractivity (Wildman–Crippen MR) is 127 cm³/mol. The van der Waals surface area contributed by atoms with E-state index in [0.29, 0.717) is 22.2 Å². The summed E-state index contributed by atoms with van der Waals surface area (Å²) in [5.41, 5.74) is 1.64. The van der Waals surface area contributed by atoms with Crippen LogP contribution in [0.4, 0.5) is 5.69 Å². The zero-order chi connectivity index (χ0) is 23.9. The minimum Gasteiger partial charge on any atom is -0.507 e. The monoisotopic (exact) mass is 465 g/mol. The lowest BCUT2D eigenvalue weighted by molar-refractivity contribution is -0.132. The Hall–Kier alpha value is -3.51. The van der Waals surface area contributed by atoms with Gasteiger partial charge in [-0.15, -0.1) is 0 Å². The van der Waals surface area contributed by atoms with Crippen LogP contribution in [0.2, 0.25) is 5.02 Å². The van der Waals surface area contributed by atoms with Crippen molar-refractivity contribution in [2.75, 3.05) is 12.0 Å². The minimum absolute atomic E-state index is 0.0732. The van der Waals surface area contributed by atoms with Crippen LogP contribution in [0.5, 0.6) is 5.75 Å². The van der Waals surface area contributed by atoms with Gasteiger partial charge in [0.15, 0.2) is 0 Å². The number of carbonyl (C=O) groups is 2. The molecule has 0 saturated carbocycles. The minimum atomic E-state index is -0.954. The maximum atomic E-state index is 13.2. The Balaban J connectivity index is 1.91. The summed E-state index contributed by atoms with van der Waals surface area (Å²) in [5, 5.41) is 11.6. The fourth-order valence-corrected chi connectivity index (χ4v) is 4.12. The molecule has 1 saturated heterocycles. The molecule has 1 atom stereocenters. The van der Waals surface area contributed by atoms with Gasteiger partial charge in [-0.3, -0.25) is 14.5 Å². The summed E-state index contributed by atoms with van der Waals surface area (Å²) in [6.07, 6.45) is 1.46. The molecule has 1 aromatic heterocycles. The Morgan fingerprint density at radius 1 is 1.09 bits per heavy atom.